The molecule has 1 fully saturated rings. The van der Waals surface area contributed by atoms with Gasteiger partial charge in [-0.1, -0.05) is 12.1 Å². The topological polar surface area (TPSA) is 56.1 Å². The molecule has 4 nitrogen and oxygen atoms in total. The molecule has 88 valence electrons. The second-order valence-electron chi connectivity index (χ2n) is 4.36. The number of likely N-dealkylation sites (tertiary alicyclic amines) is 1. The molecule has 1 N–H and O–H groups in total. The largest absolute Gasteiger partial charge is 0.344 e. The van der Waals surface area contributed by atoms with Crippen molar-refractivity contribution in [3.05, 3.63) is 35.4 Å². The molecule has 0 spiro atoms. The third kappa shape index (κ3) is 2.83. The highest BCUT2D eigenvalue weighted by molar-refractivity contribution is 5.78. The third-order valence-corrected chi connectivity index (χ3v) is 3.02. The van der Waals surface area contributed by atoms with Gasteiger partial charge >= 0.3 is 0 Å². The first-order valence-electron chi connectivity index (χ1n) is 5.65. The standard InChI is InChI=1S/C13H15N3O/c1-16-9-12(6-13(16)17)15-8-11-4-2-10(7-14)3-5-11/h2-5,12,15H,6,8-9H2,1H3. The van der Waals surface area contributed by atoms with E-state index in [1.165, 1.54) is 0 Å². The second kappa shape index (κ2) is 4.98. The summed E-state index contributed by atoms with van der Waals surface area (Å²) in [5.41, 5.74) is 1.80. The molecule has 0 radical (unpaired) electrons. The Balaban J connectivity index is 1.86. The number of rotatable bonds is 3. The van der Waals surface area contributed by atoms with Crippen LogP contribution in [0.25, 0.3) is 0 Å². The number of carbonyl (C=O) groups is 1. The summed E-state index contributed by atoms with van der Waals surface area (Å²) in [6.07, 6.45) is 0.576. The number of hydrogen-bond acceptors (Lipinski definition) is 3. The molecule has 1 saturated heterocycles. The van der Waals surface area contributed by atoms with Crippen LogP contribution in [0.2, 0.25) is 0 Å². The van der Waals surface area contributed by atoms with Gasteiger partial charge < -0.3 is 10.2 Å². The lowest BCUT2D eigenvalue weighted by atomic mass is 10.1. The summed E-state index contributed by atoms with van der Waals surface area (Å²) < 4.78 is 0. The molecule has 1 aliphatic rings. The Labute approximate surface area is 101 Å². The van der Waals surface area contributed by atoms with Gasteiger partial charge in [0.05, 0.1) is 11.6 Å². The van der Waals surface area contributed by atoms with Crippen molar-refractivity contribution in [2.24, 2.45) is 0 Å². The monoisotopic (exact) mass is 229 g/mol. The van der Waals surface area contributed by atoms with Crippen LogP contribution in [0.5, 0.6) is 0 Å². The van der Waals surface area contributed by atoms with E-state index in [1.807, 2.05) is 31.3 Å². The SMILES string of the molecule is CN1CC(NCc2ccc(C#N)cc2)CC1=O. The zero-order chi connectivity index (χ0) is 12.3. The van der Waals surface area contributed by atoms with E-state index in [-0.39, 0.29) is 11.9 Å². The number of hydrogen-bond donors (Lipinski definition) is 1. The molecule has 0 saturated carbocycles. The number of nitrogens with one attached hydrogen (secondary N) is 1. The molecule has 1 amide bonds. The van der Waals surface area contributed by atoms with Crippen LogP contribution in [0, 0.1) is 11.3 Å². The molecule has 1 unspecified atom stereocenters. The van der Waals surface area contributed by atoms with Crippen LogP contribution >= 0.6 is 0 Å². The molecular formula is C13H15N3O. The van der Waals surface area contributed by atoms with Crippen molar-refractivity contribution in [2.45, 2.75) is 19.0 Å². The van der Waals surface area contributed by atoms with Gasteiger partial charge in [0, 0.05) is 32.6 Å². The Hall–Kier alpha value is -1.86. The highest BCUT2D eigenvalue weighted by Crippen LogP contribution is 2.10. The number of carbonyl (C=O) groups excluding carboxylic acids is 1. The molecule has 1 aromatic carbocycles. The quantitative estimate of drug-likeness (QED) is 0.837. The van der Waals surface area contributed by atoms with Gasteiger partial charge in [0.2, 0.25) is 5.91 Å². The molecule has 17 heavy (non-hydrogen) atoms. The van der Waals surface area contributed by atoms with Gasteiger partial charge in [-0.15, -0.1) is 0 Å². The first-order chi connectivity index (χ1) is 8.19. The molecule has 0 aromatic heterocycles. The molecule has 0 bridgehead atoms. The van der Waals surface area contributed by atoms with Gasteiger partial charge in [0.1, 0.15) is 0 Å². The maximum absolute atomic E-state index is 11.3. The minimum Gasteiger partial charge on any atom is -0.344 e. The fourth-order valence-corrected chi connectivity index (χ4v) is 1.96. The lowest BCUT2D eigenvalue weighted by Crippen LogP contribution is -2.30. The zero-order valence-electron chi connectivity index (χ0n) is 9.81. The normalized spacial score (nSPS) is 19.4. The van der Waals surface area contributed by atoms with Crippen molar-refractivity contribution in [3.8, 4) is 6.07 Å². The summed E-state index contributed by atoms with van der Waals surface area (Å²) >= 11 is 0. The van der Waals surface area contributed by atoms with Gasteiger partial charge in [-0.3, -0.25) is 4.79 Å². The fourth-order valence-electron chi connectivity index (χ4n) is 1.96. The van der Waals surface area contributed by atoms with E-state index < -0.39 is 0 Å². The minimum atomic E-state index is 0.197. The van der Waals surface area contributed by atoms with Gasteiger partial charge in [0.25, 0.3) is 0 Å². The predicted octanol–water partition coefficient (Wildman–Crippen LogP) is 0.879. The van der Waals surface area contributed by atoms with Crippen LogP contribution in [-0.4, -0.2) is 30.4 Å². The Morgan fingerprint density at radius 1 is 1.47 bits per heavy atom. The van der Waals surface area contributed by atoms with Crippen molar-refractivity contribution in [3.63, 3.8) is 0 Å². The van der Waals surface area contributed by atoms with E-state index in [0.717, 1.165) is 18.7 Å². The number of nitriles is 1. The van der Waals surface area contributed by atoms with Crippen molar-refractivity contribution >= 4 is 5.91 Å². The van der Waals surface area contributed by atoms with E-state index in [2.05, 4.69) is 11.4 Å². The van der Waals surface area contributed by atoms with Crippen molar-refractivity contribution in [1.29, 1.82) is 5.26 Å². The highest BCUT2D eigenvalue weighted by atomic mass is 16.2. The van der Waals surface area contributed by atoms with E-state index in [0.29, 0.717) is 12.0 Å². The van der Waals surface area contributed by atoms with Gasteiger partial charge in [-0.25, -0.2) is 0 Å². The number of likely N-dealkylation sites (N-methyl/N-ethyl adjacent to an activating group) is 1. The number of benzene rings is 1. The average molecular weight is 229 g/mol. The Kier molecular flexibility index (Phi) is 3.40. The van der Waals surface area contributed by atoms with Crippen molar-refractivity contribution in [2.75, 3.05) is 13.6 Å². The molecule has 1 aromatic rings. The number of amides is 1. The molecule has 2 rings (SSSR count). The lowest BCUT2D eigenvalue weighted by Gasteiger charge is -2.12. The maximum Gasteiger partial charge on any atom is 0.224 e. The second-order valence-corrected chi connectivity index (χ2v) is 4.36. The summed E-state index contributed by atoms with van der Waals surface area (Å²) in [7, 11) is 1.83. The smallest absolute Gasteiger partial charge is 0.224 e. The fraction of sp³-hybridized carbons (Fsp3) is 0.385. The van der Waals surface area contributed by atoms with Gasteiger partial charge in [-0.05, 0) is 17.7 Å². The van der Waals surface area contributed by atoms with Crippen LogP contribution < -0.4 is 5.32 Å². The Morgan fingerprint density at radius 3 is 2.71 bits per heavy atom. The molecule has 4 heteroatoms. The highest BCUT2D eigenvalue weighted by Gasteiger charge is 2.25. The van der Waals surface area contributed by atoms with Crippen LogP contribution in [0.3, 0.4) is 0 Å². The average Bonchev–Trinajstić information content (AvgIpc) is 2.67. The lowest BCUT2D eigenvalue weighted by molar-refractivity contribution is -0.126. The van der Waals surface area contributed by atoms with Crippen molar-refractivity contribution in [1.82, 2.24) is 10.2 Å². The third-order valence-electron chi connectivity index (χ3n) is 3.02. The first kappa shape index (κ1) is 11.6. The minimum absolute atomic E-state index is 0.197. The molecule has 1 atom stereocenters. The Morgan fingerprint density at radius 2 is 2.18 bits per heavy atom. The van der Waals surface area contributed by atoms with Crippen molar-refractivity contribution < 1.29 is 4.79 Å². The van der Waals surface area contributed by atoms with Gasteiger partial charge in [-0.2, -0.15) is 5.26 Å². The van der Waals surface area contributed by atoms with E-state index in [9.17, 15) is 4.79 Å². The summed E-state index contributed by atoms with van der Waals surface area (Å²) in [5, 5.41) is 12.0. The van der Waals surface area contributed by atoms with Gasteiger partial charge in [0.15, 0.2) is 0 Å². The summed E-state index contributed by atoms with van der Waals surface area (Å²) in [4.78, 5) is 13.1. The number of nitrogens with zero attached hydrogens (tertiary/aromatic N) is 2. The zero-order valence-corrected chi connectivity index (χ0v) is 9.81. The van der Waals surface area contributed by atoms with E-state index in [1.54, 1.807) is 4.90 Å². The molecule has 1 heterocycles. The van der Waals surface area contributed by atoms with Crippen LogP contribution in [0.1, 0.15) is 17.5 Å². The summed E-state index contributed by atoms with van der Waals surface area (Å²) in [6.45, 7) is 1.51. The summed E-state index contributed by atoms with van der Waals surface area (Å²) in [6, 6.07) is 9.82. The summed E-state index contributed by atoms with van der Waals surface area (Å²) in [5.74, 6) is 0.197. The predicted molar refractivity (Wildman–Crippen MR) is 64.0 cm³/mol. The van der Waals surface area contributed by atoms with Crippen LogP contribution in [-0.2, 0) is 11.3 Å². The molecule has 0 aliphatic carbocycles. The maximum atomic E-state index is 11.3. The van der Waals surface area contributed by atoms with E-state index >= 15 is 0 Å². The Bertz CT molecular complexity index is 447. The molecular weight excluding hydrogens is 214 g/mol. The van der Waals surface area contributed by atoms with Crippen LogP contribution in [0.15, 0.2) is 24.3 Å². The van der Waals surface area contributed by atoms with E-state index in [4.69, 9.17) is 5.26 Å². The first-order valence-corrected chi connectivity index (χ1v) is 5.65. The van der Waals surface area contributed by atoms with Crippen LogP contribution in [0.4, 0.5) is 0 Å². The molecule has 1 aliphatic heterocycles.